The fourth-order valence-corrected chi connectivity index (χ4v) is 3.92. The van der Waals surface area contributed by atoms with E-state index in [1.165, 1.54) is 34.1 Å². The van der Waals surface area contributed by atoms with Crippen molar-refractivity contribution in [2.45, 2.75) is 20.0 Å². The van der Waals surface area contributed by atoms with Gasteiger partial charge in [0.15, 0.2) is 11.6 Å². The molecule has 4 rings (SSSR count). The normalized spacial score (nSPS) is 12.7. The summed E-state index contributed by atoms with van der Waals surface area (Å²) in [6.45, 7) is 3.24. The maximum absolute atomic E-state index is 13.1. The summed E-state index contributed by atoms with van der Waals surface area (Å²) in [6.07, 6.45) is 0.534. The van der Waals surface area contributed by atoms with Crippen molar-refractivity contribution in [1.29, 1.82) is 0 Å². The number of aryl methyl sites for hydroxylation is 1. The van der Waals surface area contributed by atoms with Crippen molar-refractivity contribution in [2.24, 2.45) is 12.0 Å². The minimum absolute atomic E-state index is 0.0224. The van der Waals surface area contributed by atoms with Crippen LogP contribution in [0.3, 0.4) is 0 Å². The van der Waals surface area contributed by atoms with E-state index in [0.717, 1.165) is 0 Å². The quantitative estimate of drug-likeness (QED) is 0.298. The van der Waals surface area contributed by atoms with Crippen LogP contribution in [0.2, 0.25) is 10.0 Å². The van der Waals surface area contributed by atoms with E-state index in [2.05, 4.69) is 9.98 Å². The highest BCUT2D eigenvalue weighted by Gasteiger charge is 2.21. The Balaban J connectivity index is 1.88. The number of amides is 1. The molecule has 11 heteroatoms. The largest absolute Gasteiger partial charge is 0.479 e. The van der Waals surface area contributed by atoms with Gasteiger partial charge in [0.2, 0.25) is 0 Å². The van der Waals surface area contributed by atoms with Crippen LogP contribution in [0.4, 0.5) is 0 Å². The number of halogens is 2. The average molecular weight is 515 g/mol. The fraction of sp³-hybridized carbons (Fsp3) is 0.208. The van der Waals surface area contributed by atoms with Crippen molar-refractivity contribution < 1.29 is 19.1 Å². The Morgan fingerprint density at radius 1 is 1.17 bits per heavy atom. The predicted molar refractivity (Wildman–Crippen MR) is 131 cm³/mol. The van der Waals surface area contributed by atoms with Gasteiger partial charge in [-0.2, -0.15) is 4.99 Å². The summed E-state index contributed by atoms with van der Waals surface area (Å²) >= 11 is 12.0. The summed E-state index contributed by atoms with van der Waals surface area (Å²) in [5, 5.41) is 0.823. The highest BCUT2D eigenvalue weighted by Crippen LogP contribution is 2.28. The molecule has 0 saturated carbocycles. The Morgan fingerprint density at radius 3 is 2.66 bits per heavy atom. The van der Waals surface area contributed by atoms with E-state index >= 15 is 0 Å². The molecule has 0 fully saturated rings. The fourth-order valence-electron chi connectivity index (χ4n) is 3.46. The van der Waals surface area contributed by atoms with Gasteiger partial charge < -0.3 is 14.0 Å². The number of benzene rings is 1. The van der Waals surface area contributed by atoms with E-state index in [-0.39, 0.29) is 45.0 Å². The summed E-state index contributed by atoms with van der Waals surface area (Å²) in [4.78, 5) is 47.5. The second-order valence-electron chi connectivity index (χ2n) is 7.53. The molecule has 0 aliphatic heterocycles. The molecule has 1 atom stereocenters. The molecule has 3 heterocycles. The molecule has 35 heavy (non-hydrogen) atoms. The monoisotopic (exact) mass is 514 g/mol. The van der Waals surface area contributed by atoms with E-state index < -0.39 is 18.0 Å². The maximum atomic E-state index is 13.1. The first kappa shape index (κ1) is 24.4. The number of fused-ring (bicyclic) bond motifs is 2. The molecule has 0 bridgehead atoms. The van der Waals surface area contributed by atoms with Gasteiger partial charge in [0, 0.05) is 18.3 Å². The molecule has 0 radical (unpaired) electrons. The van der Waals surface area contributed by atoms with Gasteiger partial charge >= 0.3 is 5.97 Å². The molecule has 180 valence electrons. The van der Waals surface area contributed by atoms with Crippen molar-refractivity contribution in [3.8, 4) is 5.75 Å². The van der Waals surface area contributed by atoms with Crippen LogP contribution in [0.25, 0.3) is 16.7 Å². The van der Waals surface area contributed by atoms with Crippen LogP contribution in [-0.2, 0) is 16.6 Å². The van der Waals surface area contributed by atoms with Gasteiger partial charge in [-0.15, -0.1) is 0 Å². The molecule has 3 aromatic heterocycles. The molecular formula is C24H20Cl2N4O5. The van der Waals surface area contributed by atoms with E-state index in [4.69, 9.17) is 32.7 Å². The van der Waals surface area contributed by atoms with Crippen LogP contribution in [-0.4, -0.2) is 38.5 Å². The lowest BCUT2D eigenvalue weighted by Crippen LogP contribution is -2.33. The number of nitrogens with zero attached hydrogens (tertiary/aromatic N) is 4. The zero-order valence-corrected chi connectivity index (χ0v) is 20.5. The standard InChI is InChI=1S/C24H20Cl2N4O5/c1-4-34-24(33)16-12-15-20(27-19-7-5-6-10-30(19)23(15)32)29(3)21(16)28-22(31)13(2)35-18-9-8-14(25)11-17(18)26/h5-13H,4H2,1-3H3/t13-/m0/s1. The Morgan fingerprint density at radius 2 is 1.94 bits per heavy atom. The Hall–Kier alpha value is -3.69. The van der Waals surface area contributed by atoms with E-state index in [0.29, 0.717) is 10.7 Å². The number of esters is 1. The lowest BCUT2D eigenvalue weighted by Gasteiger charge is -2.14. The zero-order chi connectivity index (χ0) is 25.3. The van der Waals surface area contributed by atoms with Crippen LogP contribution < -0.4 is 15.8 Å². The Kier molecular flexibility index (Phi) is 6.90. The molecule has 0 aliphatic rings. The maximum Gasteiger partial charge on any atom is 0.341 e. The third-order valence-electron chi connectivity index (χ3n) is 5.17. The van der Waals surface area contributed by atoms with Crippen molar-refractivity contribution in [3.63, 3.8) is 0 Å². The van der Waals surface area contributed by atoms with Gasteiger partial charge in [0.1, 0.15) is 22.6 Å². The SMILES string of the molecule is CCOC(=O)c1cc2c(=O)n3ccccc3nc2n(C)c1=NC(=O)[C@H](C)Oc1ccc(Cl)cc1Cl. The number of carbonyl (C=O) groups is 2. The minimum atomic E-state index is -1.05. The smallest absolute Gasteiger partial charge is 0.341 e. The number of carbonyl (C=O) groups excluding carboxylic acids is 2. The number of rotatable bonds is 5. The number of hydrogen-bond acceptors (Lipinski definition) is 6. The van der Waals surface area contributed by atoms with E-state index in [9.17, 15) is 14.4 Å². The number of pyridine rings is 2. The second kappa shape index (κ2) is 9.89. The first-order chi connectivity index (χ1) is 16.7. The average Bonchev–Trinajstić information content (AvgIpc) is 2.83. The summed E-state index contributed by atoms with van der Waals surface area (Å²) in [6, 6.07) is 11.1. The van der Waals surface area contributed by atoms with Crippen LogP contribution in [0.1, 0.15) is 24.2 Å². The minimum Gasteiger partial charge on any atom is -0.479 e. The van der Waals surface area contributed by atoms with Crippen LogP contribution in [0.5, 0.6) is 5.75 Å². The molecule has 4 aromatic rings. The van der Waals surface area contributed by atoms with Gasteiger partial charge in [-0.1, -0.05) is 29.3 Å². The zero-order valence-electron chi connectivity index (χ0n) is 19.0. The van der Waals surface area contributed by atoms with E-state index in [1.54, 1.807) is 44.4 Å². The van der Waals surface area contributed by atoms with Crippen molar-refractivity contribution >= 4 is 51.8 Å². The number of ether oxygens (including phenoxy) is 2. The number of hydrogen-bond donors (Lipinski definition) is 0. The topological polar surface area (TPSA) is 104 Å². The van der Waals surface area contributed by atoms with Crippen molar-refractivity contribution in [2.75, 3.05) is 6.61 Å². The molecule has 0 unspecified atom stereocenters. The molecule has 0 saturated heterocycles. The first-order valence-corrected chi connectivity index (χ1v) is 11.4. The third-order valence-corrected chi connectivity index (χ3v) is 5.70. The van der Waals surface area contributed by atoms with Gasteiger partial charge in [0.05, 0.1) is 17.0 Å². The Bertz CT molecular complexity index is 1610. The molecular weight excluding hydrogens is 495 g/mol. The van der Waals surface area contributed by atoms with Gasteiger partial charge in [-0.3, -0.25) is 14.0 Å². The third kappa shape index (κ3) is 4.78. The van der Waals surface area contributed by atoms with Crippen LogP contribution >= 0.6 is 23.2 Å². The van der Waals surface area contributed by atoms with Gasteiger partial charge in [-0.05, 0) is 50.2 Å². The van der Waals surface area contributed by atoms with Crippen LogP contribution in [0, 0.1) is 0 Å². The second-order valence-corrected chi connectivity index (χ2v) is 8.37. The number of aromatic nitrogens is 3. The van der Waals surface area contributed by atoms with E-state index in [1.807, 2.05) is 0 Å². The lowest BCUT2D eigenvalue weighted by molar-refractivity contribution is -0.124. The summed E-state index contributed by atoms with van der Waals surface area (Å²) in [5.74, 6) is -1.17. The van der Waals surface area contributed by atoms with Crippen molar-refractivity contribution in [1.82, 2.24) is 14.0 Å². The predicted octanol–water partition coefficient (Wildman–Crippen LogP) is 3.56. The molecule has 0 aliphatic carbocycles. The molecule has 0 N–H and O–H groups in total. The van der Waals surface area contributed by atoms with Crippen LogP contribution in [0.15, 0.2) is 58.4 Å². The summed E-state index contributed by atoms with van der Waals surface area (Å²) < 4.78 is 13.6. The molecule has 9 nitrogen and oxygen atoms in total. The Labute approximate surface area is 209 Å². The van der Waals surface area contributed by atoms with Gasteiger partial charge in [-0.25, -0.2) is 9.78 Å². The lowest BCUT2D eigenvalue weighted by atomic mass is 10.2. The first-order valence-electron chi connectivity index (χ1n) is 10.6. The molecule has 1 aromatic carbocycles. The van der Waals surface area contributed by atoms with Gasteiger partial charge in [0.25, 0.3) is 11.5 Å². The molecule has 0 spiro atoms. The molecule has 1 amide bonds. The summed E-state index contributed by atoms with van der Waals surface area (Å²) in [5.41, 5.74) is 0.192. The highest BCUT2D eigenvalue weighted by molar-refractivity contribution is 6.35. The van der Waals surface area contributed by atoms with Crippen molar-refractivity contribution in [3.05, 3.63) is 80.1 Å². The highest BCUT2D eigenvalue weighted by atomic mass is 35.5. The summed E-state index contributed by atoms with van der Waals surface area (Å²) in [7, 11) is 1.56.